The molecule has 26 heavy (non-hydrogen) atoms. The number of halogens is 6. The molecule has 0 aromatic heterocycles. The van der Waals surface area contributed by atoms with Gasteiger partial charge in [0.25, 0.3) is 0 Å². The van der Waals surface area contributed by atoms with Crippen molar-refractivity contribution in [1.82, 2.24) is 5.32 Å². The number of alkyl halides is 6. The van der Waals surface area contributed by atoms with Crippen LogP contribution >= 0.6 is 0 Å². The van der Waals surface area contributed by atoms with Crippen LogP contribution in [0, 0.1) is 0 Å². The van der Waals surface area contributed by atoms with Crippen LogP contribution in [0.1, 0.15) is 13.8 Å². The average molecular weight is 388 g/mol. The largest absolute Gasteiger partial charge is 0.573 e. The van der Waals surface area contributed by atoms with E-state index in [-0.39, 0.29) is 0 Å². The highest BCUT2D eigenvalue weighted by Crippen LogP contribution is 2.34. The van der Waals surface area contributed by atoms with Crippen LogP contribution in [0.3, 0.4) is 0 Å². The minimum absolute atomic E-state index is 0.406. The Hall–Kier alpha value is -2.66. The van der Waals surface area contributed by atoms with Crippen molar-refractivity contribution in [3.63, 3.8) is 0 Å². The van der Waals surface area contributed by atoms with E-state index < -0.39 is 48.1 Å². The first kappa shape index (κ1) is 21.4. The summed E-state index contributed by atoms with van der Waals surface area (Å²) >= 11 is 0. The lowest BCUT2D eigenvalue weighted by Gasteiger charge is -2.35. The zero-order chi connectivity index (χ0) is 20.2. The molecule has 0 radical (unpaired) electrons. The molecule has 1 aromatic carbocycles. The average Bonchev–Trinajstić information content (AvgIpc) is 2.45. The van der Waals surface area contributed by atoms with Gasteiger partial charge in [-0.2, -0.15) is 13.2 Å². The lowest BCUT2D eigenvalue weighted by molar-refractivity contribution is -0.274. The van der Waals surface area contributed by atoms with Gasteiger partial charge in [-0.3, -0.25) is 4.79 Å². The van der Waals surface area contributed by atoms with E-state index in [1.165, 1.54) is 12.2 Å². The third kappa shape index (κ3) is 5.43. The van der Waals surface area contributed by atoms with Crippen LogP contribution in [0.5, 0.6) is 5.75 Å². The summed E-state index contributed by atoms with van der Waals surface area (Å²) < 4.78 is 84.9. The molecule has 12 heteroatoms. The van der Waals surface area contributed by atoms with Crippen LogP contribution in [0.2, 0.25) is 0 Å². The zero-order valence-electron chi connectivity index (χ0n) is 13.4. The van der Waals surface area contributed by atoms with E-state index in [1.54, 1.807) is 5.32 Å². The molecule has 0 bridgehead atoms. The number of nitrogens with one attached hydrogen (secondary N) is 2. The van der Waals surface area contributed by atoms with Gasteiger partial charge in [-0.15, -0.1) is 13.2 Å². The number of carbonyl (C=O) groups is 2. The number of amides is 1. The molecule has 0 heterocycles. The number of esters is 1. The summed E-state index contributed by atoms with van der Waals surface area (Å²) in [6, 6.07) is 3.08. The first-order valence-electron chi connectivity index (χ1n) is 6.97. The Kier molecular flexibility index (Phi) is 6.34. The number of hydrogen-bond donors (Lipinski definition) is 2. The van der Waals surface area contributed by atoms with Gasteiger partial charge in [-0.25, -0.2) is 4.79 Å². The molecule has 6 nitrogen and oxygen atoms in total. The smallest absolute Gasteiger partial charge is 0.463 e. The number of benzene rings is 1. The topological polar surface area (TPSA) is 76.7 Å². The fraction of sp³-hybridized carbons (Fsp3) is 0.429. The van der Waals surface area contributed by atoms with Crippen LogP contribution in [0.4, 0.5) is 32.0 Å². The highest BCUT2D eigenvalue weighted by atomic mass is 19.4. The minimum Gasteiger partial charge on any atom is -0.463 e. The second-order valence-corrected chi connectivity index (χ2v) is 4.85. The normalized spacial score (nSPS) is 14.2. The van der Waals surface area contributed by atoms with Crippen molar-refractivity contribution in [2.45, 2.75) is 32.0 Å². The number of hydrogen-bond acceptors (Lipinski definition) is 5. The van der Waals surface area contributed by atoms with E-state index >= 15 is 0 Å². The predicted molar refractivity (Wildman–Crippen MR) is 76.0 cm³/mol. The van der Waals surface area contributed by atoms with Crippen molar-refractivity contribution in [2.75, 3.05) is 11.9 Å². The second kappa shape index (κ2) is 7.70. The Morgan fingerprint density at radius 1 is 1.04 bits per heavy atom. The van der Waals surface area contributed by atoms with Gasteiger partial charge in [0.05, 0.1) is 6.61 Å². The summed E-state index contributed by atoms with van der Waals surface area (Å²) in [5.74, 6) is -3.71. The Bertz CT molecular complexity index is 644. The minimum atomic E-state index is -5.33. The highest BCUT2D eigenvalue weighted by molar-refractivity contribution is 5.90. The fourth-order valence-corrected chi connectivity index (χ4v) is 1.85. The van der Waals surface area contributed by atoms with Gasteiger partial charge in [0, 0.05) is 12.6 Å². The molecule has 0 aliphatic carbocycles. The first-order valence-corrected chi connectivity index (χ1v) is 6.97. The Balaban J connectivity index is 3.23. The maximum absolute atomic E-state index is 13.5. The molecule has 0 aliphatic heterocycles. The maximum Gasteiger partial charge on any atom is 0.573 e. The molecule has 0 saturated heterocycles. The SMILES string of the molecule is CCOC(=O)[C@](NC(C)=O)(Nc1ccc(OC(F)(F)F)cc1)C(F)(F)F. The molecule has 1 atom stereocenters. The van der Waals surface area contributed by atoms with Crippen LogP contribution in [0.15, 0.2) is 24.3 Å². The molecule has 2 N–H and O–H groups in total. The molecule has 0 spiro atoms. The summed E-state index contributed by atoms with van der Waals surface area (Å²) in [5.41, 5.74) is -4.04. The van der Waals surface area contributed by atoms with E-state index in [1.807, 2.05) is 0 Å². The Morgan fingerprint density at radius 3 is 1.96 bits per heavy atom. The van der Waals surface area contributed by atoms with Gasteiger partial charge in [-0.05, 0) is 31.2 Å². The summed E-state index contributed by atoms with van der Waals surface area (Å²) in [4.78, 5) is 23.1. The molecule has 146 valence electrons. The molecule has 1 rings (SSSR count). The quantitative estimate of drug-likeness (QED) is 0.445. The molecule has 0 saturated carbocycles. The zero-order valence-corrected chi connectivity index (χ0v) is 13.4. The molecule has 0 fully saturated rings. The van der Waals surface area contributed by atoms with Crippen LogP contribution in [-0.4, -0.2) is 36.7 Å². The third-order valence-corrected chi connectivity index (χ3v) is 2.79. The standard InChI is InChI=1S/C14H14F6N2O4/c1-3-25-11(24)12(13(15,16)17,21-8(2)23)22-9-4-6-10(7-5-9)26-14(18,19)20/h4-7,22H,3H2,1-2H3,(H,21,23)/t12-/m0/s1. The maximum atomic E-state index is 13.5. The Morgan fingerprint density at radius 2 is 1.58 bits per heavy atom. The van der Waals surface area contributed by atoms with Gasteiger partial charge < -0.3 is 20.1 Å². The van der Waals surface area contributed by atoms with Gasteiger partial charge in [0.2, 0.25) is 5.91 Å². The lowest BCUT2D eigenvalue weighted by Crippen LogP contribution is -2.69. The third-order valence-electron chi connectivity index (χ3n) is 2.79. The van der Waals surface area contributed by atoms with Crippen molar-refractivity contribution in [3.05, 3.63) is 24.3 Å². The molecule has 0 aliphatic rings. The fourth-order valence-electron chi connectivity index (χ4n) is 1.85. The number of rotatable bonds is 6. The monoisotopic (exact) mass is 388 g/mol. The van der Waals surface area contributed by atoms with E-state index in [2.05, 4.69) is 9.47 Å². The molecular formula is C14H14F6N2O4. The van der Waals surface area contributed by atoms with Gasteiger partial charge >= 0.3 is 24.2 Å². The predicted octanol–water partition coefficient (Wildman–Crippen LogP) is 2.95. The molecule has 1 amide bonds. The molecular weight excluding hydrogens is 374 g/mol. The van der Waals surface area contributed by atoms with E-state index in [0.29, 0.717) is 0 Å². The highest BCUT2D eigenvalue weighted by Gasteiger charge is 2.63. The van der Waals surface area contributed by atoms with Crippen molar-refractivity contribution >= 4 is 17.6 Å². The van der Waals surface area contributed by atoms with E-state index in [4.69, 9.17) is 0 Å². The van der Waals surface area contributed by atoms with E-state index in [9.17, 15) is 35.9 Å². The van der Waals surface area contributed by atoms with E-state index in [0.717, 1.165) is 31.2 Å². The van der Waals surface area contributed by atoms with Crippen LogP contribution < -0.4 is 15.4 Å². The van der Waals surface area contributed by atoms with Crippen molar-refractivity contribution < 1.29 is 45.4 Å². The second-order valence-electron chi connectivity index (χ2n) is 4.85. The van der Waals surface area contributed by atoms with Crippen molar-refractivity contribution in [2.24, 2.45) is 0 Å². The van der Waals surface area contributed by atoms with Crippen LogP contribution in [-0.2, 0) is 14.3 Å². The van der Waals surface area contributed by atoms with Crippen molar-refractivity contribution in [3.8, 4) is 5.75 Å². The summed E-state index contributed by atoms with van der Waals surface area (Å²) in [5, 5.41) is 3.23. The number of ether oxygens (including phenoxy) is 2. The molecule has 0 unspecified atom stereocenters. The van der Waals surface area contributed by atoms with Crippen molar-refractivity contribution in [1.29, 1.82) is 0 Å². The lowest BCUT2D eigenvalue weighted by atomic mass is 10.1. The van der Waals surface area contributed by atoms with Crippen LogP contribution in [0.25, 0.3) is 0 Å². The Labute approximate surface area is 143 Å². The number of carbonyl (C=O) groups excluding carboxylic acids is 2. The number of anilines is 1. The van der Waals surface area contributed by atoms with Gasteiger partial charge in [0.1, 0.15) is 5.75 Å². The summed E-state index contributed by atoms with van der Waals surface area (Å²) in [7, 11) is 0. The summed E-state index contributed by atoms with van der Waals surface area (Å²) in [6.45, 7) is 1.61. The van der Waals surface area contributed by atoms with Gasteiger partial charge in [0.15, 0.2) is 0 Å². The molecule has 1 aromatic rings. The van der Waals surface area contributed by atoms with Gasteiger partial charge in [-0.1, -0.05) is 0 Å². The summed E-state index contributed by atoms with van der Waals surface area (Å²) in [6.07, 6.45) is -10.3. The first-order chi connectivity index (χ1) is 11.8.